The van der Waals surface area contributed by atoms with Gasteiger partial charge in [0, 0.05) is 32.0 Å². The number of rotatable bonds is 7. The standard InChI is InChI=1S/C10H20N2O3Si/c1-4-14-10(15-5-2)16-8(3)12-7-6-11-9(12)13/h8,10H,4-7H2,1-3H3,(H,11,13). The third-order valence-electron chi connectivity index (χ3n) is 2.37. The Hall–Kier alpha value is -0.593. The van der Waals surface area contributed by atoms with Gasteiger partial charge in [-0.05, 0) is 20.8 Å². The van der Waals surface area contributed by atoms with Crippen molar-refractivity contribution in [2.24, 2.45) is 0 Å². The fourth-order valence-electron chi connectivity index (χ4n) is 1.59. The molecule has 1 N–H and O–H groups in total. The van der Waals surface area contributed by atoms with Gasteiger partial charge in [-0.15, -0.1) is 0 Å². The molecule has 1 aliphatic heterocycles. The van der Waals surface area contributed by atoms with E-state index in [1.165, 1.54) is 0 Å². The molecule has 6 heteroatoms. The molecule has 1 saturated heterocycles. The summed E-state index contributed by atoms with van der Waals surface area (Å²) in [7, 11) is 0.451. The van der Waals surface area contributed by atoms with Gasteiger partial charge in [0.25, 0.3) is 0 Å². The number of carbonyl (C=O) groups excluding carboxylic acids is 1. The molecule has 92 valence electrons. The first kappa shape index (κ1) is 13.5. The maximum Gasteiger partial charge on any atom is 0.317 e. The van der Waals surface area contributed by atoms with Crippen molar-refractivity contribution in [1.82, 2.24) is 10.2 Å². The van der Waals surface area contributed by atoms with Gasteiger partial charge in [0.1, 0.15) is 15.4 Å². The molecule has 2 amide bonds. The Balaban J connectivity index is 2.40. The van der Waals surface area contributed by atoms with Crippen LogP contribution >= 0.6 is 0 Å². The summed E-state index contributed by atoms with van der Waals surface area (Å²) in [5.74, 6) is -0.182. The molecule has 0 aromatic carbocycles. The van der Waals surface area contributed by atoms with Gasteiger partial charge in [0.05, 0.1) is 0 Å². The Kier molecular flexibility index (Phi) is 5.79. The van der Waals surface area contributed by atoms with Crippen LogP contribution in [0.25, 0.3) is 0 Å². The van der Waals surface area contributed by atoms with Gasteiger partial charge in [-0.1, -0.05) is 0 Å². The van der Waals surface area contributed by atoms with Gasteiger partial charge in [-0.2, -0.15) is 0 Å². The van der Waals surface area contributed by atoms with E-state index in [9.17, 15) is 4.79 Å². The minimum Gasteiger partial charge on any atom is -0.357 e. The molecule has 0 bridgehead atoms. The van der Waals surface area contributed by atoms with Crippen molar-refractivity contribution in [2.45, 2.75) is 32.3 Å². The summed E-state index contributed by atoms with van der Waals surface area (Å²) in [6.07, 6.45) is 0. The number of nitrogens with one attached hydrogen (secondary N) is 1. The number of hydrogen-bond donors (Lipinski definition) is 1. The third kappa shape index (κ3) is 3.77. The van der Waals surface area contributed by atoms with Gasteiger partial charge < -0.3 is 19.7 Å². The topological polar surface area (TPSA) is 50.8 Å². The van der Waals surface area contributed by atoms with Crippen LogP contribution in [0.5, 0.6) is 0 Å². The van der Waals surface area contributed by atoms with E-state index in [2.05, 4.69) is 5.32 Å². The lowest BCUT2D eigenvalue weighted by molar-refractivity contribution is -0.0839. The molecule has 0 spiro atoms. The second kappa shape index (κ2) is 6.88. The average Bonchev–Trinajstić information content (AvgIpc) is 2.65. The highest BCUT2D eigenvalue weighted by Gasteiger charge is 2.27. The third-order valence-corrected chi connectivity index (χ3v) is 3.77. The van der Waals surface area contributed by atoms with Crippen molar-refractivity contribution < 1.29 is 14.3 Å². The lowest BCUT2D eigenvalue weighted by Gasteiger charge is -2.26. The number of carbonyl (C=O) groups is 1. The maximum absolute atomic E-state index is 11.5. The summed E-state index contributed by atoms with van der Waals surface area (Å²) in [5.41, 5.74) is 0.172. The van der Waals surface area contributed by atoms with Crippen LogP contribution in [0.3, 0.4) is 0 Å². The Morgan fingerprint density at radius 3 is 2.50 bits per heavy atom. The second-order valence-corrected chi connectivity index (χ2v) is 5.15. The molecule has 5 nitrogen and oxygen atoms in total. The Bertz CT molecular complexity index is 222. The lowest BCUT2D eigenvalue weighted by atomic mass is 10.6. The molecule has 0 aromatic rings. The van der Waals surface area contributed by atoms with Crippen molar-refractivity contribution in [2.75, 3.05) is 26.3 Å². The molecule has 1 atom stereocenters. The monoisotopic (exact) mass is 244 g/mol. The van der Waals surface area contributed by atoms with Gasteiger partial charge in [0.2, 0.25) is 0 Å². The fourth-order valence-corrected chi connectivity index (χ4v) is 2.94. The summed E-state index contributed by atoms with van der Waals surface area (Å²) < 4.78 is 11.0. The molecule has 0 aromatic heterocycles. The van der Waals surface area contributed by atoms with Gasteiger partial charge in [0.15, 0.2) is 0 Å². The van der Waals surface area contributed by atoms with Crippen LogP contribution in [0.15, 0.2) is 0 Å². The van der Waals surface area contributed by atoms with Crippen LogP contribution in [0.1, 0.15) is 20.8 Å². The van der Waals surface area contributed by atoms with Crippen molar-refractivity contribution in [3.05, 3.63) is 0 Å². The van der Waals surface area contributed by atoms with Crippen LogP contribution in [-0.4, -0.2) is 58.3 Å². The van der Waals surface area contributed by atoms with Crippen LogP contribution in [0, 0.1) is 0 Å². The zero-order chi connectivity index (χ0) is 12.0. The maximum atomic E-state index is 11.5. The van der Waals surface area contributed by atoms with Crippen molar-refractivity contribution in [3.63, 3.8) is 0 Å². The first-order valence-corrected chi connectivity index (χ1v) is 6.88. The number of nitrogens with zero attached hydrogens (tertiary/aromatic N) is 1. The highest BCUT2D eigenvalue weighted by molar-refractivity contribution is 6.39. The number of urea groups is 1. The Morgan fingerprint density at radius 2 is 2.06 bits per heavy atom. The molecule has 1 heterocycles. The lowest BCUT2D eigenvalue weighted by Crippen LogP contribution is -2.45. The minimum absolute atomic E-state index is 0.0201. The highest BCUT2D eigenvalue weighted by atomic mass is 28.2. The summed E-state index contributed by atoms with van der Waals surface area (Å²) in [6, 6.07) is 0.0201. The van der Waals surface area contributed by atoms with Gasteiger partial charge in [-0.3, -0.25) is 0 Å². The molecule has 1 unspecified atom stereocenters. The molecule has 16 heavy (non-hydrogen) atoms. The van der Waals surface area contributed by atoms with Crippen LogP contribution in [0.4, 0.5) is 4.79 Å². The van der Waals surface area contributed by atoms with E-state index in [-0.39, 0.29) is 17.6 Å². The zero-order valence-corrected chi connectivity index (χ0v) is 11.2. The van der Waals surface area contributed by atoms with E-state index in [0.717, 1.165) is 13.1 Å². The Morgan fingerprint density at radius 1 is 1.44 bits per heavy atom. The molecule has 2 radical (unpaired) electrons. The van der Waals surface area contributed by atoms with E-state index < -0.39 is 0 Å². The summed E-state index contributed by atoms with van der Waals surface area (Å²) >= 11 is 0. The average molecular weight is 244 g/mol. The highest BCUT2D eigenvalue weighted by Crippen LogP contribution is 2.06. The zero-order valence-electron chi connectivity index (χ0n) is 10.2. The largest absolute Gasteiger partial charge is 0.357 e. The molecular formula is C10H20N2O3Si. The first-order chi connectivity index (χ1) is 7.69. The summed E-state index contributed by atoms with van der Waals surface area (Å²) in [4.78, 5) is 13.3. The van der Waals surface area contributed by atoms with Crippen LogP contribution < -0.4 is 5.32 Å². The molecular weight excluding hydrogens is 224 g/mol. The molecule has 0 saturated carbocycles. The second-order valence-electron chi connectivity index (χ2n) is 3.51. The molecule has 1 aliphatic rings. The van der Waals surface area contributed by atoms with E-state index in [1.54, 1.807) is 0 Å². The van der Waals surface area contributed by atoms with Gasteiger partial charge in [-0.25, -0.2) is 4.79 Å². The van der Waals surface area contributed by atoms with E-state index in [4.69, 9.17) is 9.47 Å². The number of hydrogen-bond acceptors (Lipinski definition) is 3. The predicted molar refractivity (Wildman–Crippen MR) is 62.4 cm³/mol. The van der Waals surface area contributed by atoms with E-state index in [1.807, 2.05) is 25.7 Å². The van der Waals surface area contributed by atoms with Crippen molar-refractivity contribution in [1.29, 1.82) is 0 Å². The predicted octanol–water partition coefficient (Wildman–Crippen LogP) is 0.418. The SMILES string of the molecule is CCOC(OCC)[Si]C(C)N1CCNC1=O. The normalized spacial score (nSPS) is 18.0. The number of ether oxygens (including phenoxy) is 2. The Labute approximate surface area is 99.3 Å². The van der Waals surface area contributed by atoms with Crippen LogP contribution in [0.2, 0.25) is 0 Å². The smallest absolute Gasteiger partial charge is 0.317 e. The molecule has 1 fully saturated rings. The van der Waals surface area contributed by atoms with E-state index in [0.29, 0.717) is 22.7 Å². The fraction of sp³-hybridized carbons (Fsp3) is 0.900. The first-order valence-electron chi connectivity index (χ1n) is 5.72. The summed E-state index contributed by atoms with van der Waals surface area (Å²) in [5, 5.41) is 2.80. The minimum atomic E-state index is -0.182. The van der Waals surface area contributed by atoms with E-state index >= 15 is 0 Å². The summed E-state index contributed by atoms with van der Waals surface area (Å²) in [6.45, 7) is 8.72. The van der Waals surface area contributed by atoms with Crippen molar-refractivity contribution in [3.8, 4) is 0 Å². The molecule has 1 rings (SSSR count). The molecule has 0 aliphatic carbocycles. The van der Waals surface area contributed by atoms with Gasteiger partial charge >= 0.3 is 6.03 Å². The van der Waals surface area contributed by atoms with Crippen molar-refractivity contribution >= 4 is 15.6 Å². The quantitative estimate of drug-likeness (QED) is 0.521. The van der Waals surface area contributed by atoms with Crippen LogP contribution in [-0.2, 0) is 9.47 Å². The number of amides is 2.